The molecule has 2 amide bonds. The standard InChI is InChI=1S/C21H25BrN2O3/c1-3-5-13-27-19-12-7-15(22)14-18(19)21(26)24-17-10-8-16(9-11-17)23-20(25)6-4-2/h7-12,14H,3-6,13H2,1-2H3,(H,23,25)(H,24,26). The lowest BCUT2D eigenvalue weighted by atomic mass is 10.1. The summed E-state index contributed by atoms with van der Waals surface area (Å²) in [6.45, 7) is 4.62. The third-order valence-electron chi connectivity index (χ3n) is 3.85. The molecule has 2 N–H and O–H groups in total. The second-order valence-corrected chi connectivity index (χ2v) is 7.09. The van der Waals surface area contributed by atoms with E-state index in [-0.39, 0.29) is 11.8 Å². The van der Waals surface area contributed by atoms with Crippen LogP contribution >= 0.6 is 15.9 Å². The van der Waals surface area contributed by atoms with Crippen LogP contribution in [0.3, 0.4) is 0 Å². The number of rotatable bonds is 9. The van der Waals surface area contributed by atoms with Gasteiger partial charge in [-0.25, -0.2) is 0 Å². The highest BCUT2D eigenvalue weighted by Gasteiger charge is 2.14. The van der Waals surface area contributed by atoms with E-state index < -0.39 is 0 Å². The minimum Gasteiger partial charge on any atom is -0.493 e. The van der Waals surface area contributed by atoms with Crippen molar-refractivity contribution in [3.8, 4) is 5.75 Å². The zero-order valence-electron chi connectivity index (χ0n) is 15.7. The third kappa shape index (κ3) is 6.71. The van der Waals surface area contributed by atoms with Crippen LogP contribution in [0.2, 0.25) is 0 Å². The lowest BCUT2D eigenvalue weighted by Crippen LogP contribution is -2.14. The van der Waals surface area contributed by atoms with Gasteiger partial charge in [0.15, 0.2) is 0 Å². The number of hydrogen-bond donors (Lipinski definition) is 2. The first-order chi connectivity index (χ1) is 13.0. The molecule has 0 saturated heterocycles. The molecule has 0 aliphatic carbocycles. The first kappa shape index (κ1) is 21.0. The van der Waals surface area contributed by atoms with Gasteiger partial charge in [0, 0.05) is 22.3 Å². The van der Waals surface area contributed by atoms with Crippen LogP contribution in [0.4, 0.5) is 11.4 Å². The Hall–Kier alpha value is -2.34. The van der Waals surface area contributed by atoms with Crippen molar-refractivity contribution in [1.29, 1.82) is 0 Å². The summed E-state index contributed by atoms with van der Waals surface area (Å²) in [6, 6.07) is 12.4. The van der Waals surface area contributed by atoms with E-state index >= 15 is 0 Å². The van der Waals surface area contributed by atoms with E-state index in [1.165, 1.54) is 0 Å². The quantitative estimate of drug-likeness (QED) is 0.505. The van der Waals surface area contributed by atoms with Crippen LogP contribution in [-0.4, -0.2) is 18.4 Å². The molecule has 0 bridgehead atoms. The van der Waals surface area contributed by atoms with E-state index in [4.69, 9.17) is 4.74 Å². The summed E-state index contributed by atoms with van der Waals surface area (Å²) >= 11 is 3.40. The maximum atomic E-state index is 12.7. The molecule has 0 radical (unpaired) electrons. The predicted molar refractivity (Wildman–Crippen MR) is 112 cm³/mol. The van der Waals surface area contributed by atoms with Crippen molar-refractivity contribution >= 4 is 39.1 Å². The van der Waals surface area contributed by atoms with Crippen molar-refractivity contribution in [2.75, 3.05) is 17.2 Å². The van der Waals surface area contributed by atoms with Crippen molar-refractivity contribution in [3.63, 3.8) is 0 Å². The SMILES string of the molecule is CCCCOc1ccc(Br)cc1C(=O)Nc1ccc(NC(=O)CCC)cc1. The van der Waals surface area contributed by atoms with E-state index in [1.807, 2.05) is 13.0 Å². The van der Waals surface area contributed by atoms with Gasteiger partial charge < -0.3 is 15.4 Å². The average molecular weight is 433 g/mol. The molecule has 0 aliphatic rings. The van der Waals surface area contributed by atoms with Gasteiger partial charge in [-0.1, -0.05) is 36.2 Å². The highest BCUT2D eigenvalue weighted by Crippen LogP contribution is 2.25. The Kier molecular flexibility index (Phi) is 8.33. The van der Waals surface area contributed by atoms with E-state index in [9.17, 15) is 9.59 Å². The Bertz CT molecular complexity index is 775. The molecule has 0 aliphatic heterocycles. The Balaban J connectivity index is 2.06. The minimum absolute atomic E-state index is 0.0164. The smallest absolute Gasteiger partial charge is 0.259 e. The van der Waals surface area contributed by atoms with Crippen molar-refractivity contribution in [2.45, 2.75) is 39.5 Å². The van der Waals surface area contributed by atoms with Gasteiger partial charge in [-0.2, -0.15) is 0 Å². The number of nitrogens with one attached hydrogen (secondary N) is 2. The van der Waals surface area contributed by atoms with Crippen LogP contribution in [-0.2, 0) is 4.79 Å². The summed E-state index contributed by atoms with van der Waals surface area (Å²) in [7, 11) is 0. The summed E-state index contributed by atoms with van der Waals surface area (Å²) in [5.74, 6) is 0.301. The van der Waals surface area contributed by atoms with E-state index in [0.717, 1.165) is 23.7 Å². The largest absolute Gasteiger partial charge is 0.493 e. The Morgan fingerprint density at radius 3 is 2.26 bits per heavy atom. The van der Waals surface area contributed by atoms with Crippen molar-refractivity contribution in [3.05, 3.63) is 52.5 Å². The van der Waals surface area contributed by atoms with Crippen LogP contribution in [0.1, 0.15) is 49.9 Å². The zero-order chi connectivity index (χ0) is 19.6. The van der Waals surface area contributed by atoms with Crippen LogP contribution in [0.5, 0.6) is 5.75 Å². The lowest BCUT2D eigenvalue weighted by molar-refractivity contribution is -0.116. The summed E-state index contributed by atoms with van der Waals surface area (Å²) in [5.41, 5.74) is 1.83. The molecule has 2 aromatic rings. The topological polar surface area (TPSA) is 67.4 Å². The summed E-state index contributed by atoms with van der Waals surface area (Å²) in [5, 5.41) is 5.69. The molecule has 0 spiro atoms. The number of halogens is 1. The molecule has 0 heterocycles. The molecule has 5 nitrogen and oxygen atoms in total. The van der Waals surface area contributed by atoms with Gasteiger partial charge in [0.05, 0.1) is 12.2 Å². The highest BCUT2D eigenvalue weighted by molar-refractivity contribution is 9.10. The lowest BCUT2D eigenvalue weighted by Gasteiger charge is -2.12. The first-order valence-corrected chi connectivity index (χ1v) is 9.96. The monoisotopic (exact) mass is 432 g/mol. The number of carbonyl (C=O) groups is 2. The van der Waals surface area contributed by atoms with E-state index in [1.54, 1.807) is 36.4 Å². The number of hydrogen-bond acceptors (Lipinski definition) is 3. The maximum absolute atomic E-state index is 12.7. The second kappa shape index (κ2) is 10.7. The molecule has 0 unspecified atom stereocenters. The molecule has 0 saturated carbocycles. The molecule has 2 aromatic carbocycles. The van der Waals surface area contributed by atoms with Gasteiger partial charge in [-0.3, -0.25) is 9.59 Å². The number of unbranched alkanes of at least 4 members (excludes halogenated alkanes) is 1. The Morgan fingerprint density at radius 1 is 0.963 bits per heavy atom. The summed E-state index contributed by atoms with van der Waals surface area (Å²) < 4.78 is 6.56. The third-order valence-corrected chi connectivity index (χ3v) is 4.34. The second-order valence-electron chi connectivity index (χ2n) is 6.17. The van der Waals surface area contributed by atoms with Gasteiger partial charge in [0.25, 0.3) is 5.91 Å². The van der Waals surface area contributed by atoms with Crippen LogP contribution in [0, 0.1) is 0 Å². The molecular formula is C21H25BrN2O3. The van der Waals surface area contributed by atoms with Gasteiger partial charge >= 0.3 is 0 Å². The fourth-order valence-corrected chi connectivity index (χ4v) is 2.78. The fourth-order valence-electron chi connectivity index (χ4n) is 2.42. The van der Waals surface area contributed by atoms with Crippen molar-refractivity contribution in [2.24, 2.45) is 0 Å². The number of anilines is 2. The number of benzene rings is 2. The highest BCUT2D eigenvalue weighted by atomic mass is 79.9. The van der Waals surface area contributed by atoms with Gasteiger partial charge in [-0.15, -0.1) is 0 Å². The number of carbonyl (C=O) groups excluding carboxylic acids is 2. The number of amides is 2. The molecular weight excluding hydrogens is 408 g/mol. The normalized spacial score (nSPS) is 10.3. The van der Waals surface area contributed by atoms with Crippen LogP contribution in [0.15, 0.2) is 46.9 Å². The molecule has 0 fully saturated rings. The number of ether oxygens (including phenoxy) is 1. The predicted octanol–water partition coefficient (Wildman–Crippen LogP) is 5.62. The van der Waals surface area contributed by atoms with Crippen molar-refractivity contribution in [1.82, 2.24) is 0 Å². The first-order valence-electron chi connectivity index (χ1n) is 9.17. The molecule has 144 valence electrons. The zero-order valence-corrected chi connectivity index (χ0v) is 17.3. The van der Waals surface area contributed by atoms with Gasteiger partial charge in [0.2, 0.25) is 5.91 Å². The summed E-state index contributed by atoms with van der Waals surface area (Å²) in [4.78, 5) is 24.3. The molecule has 2 rings (SSSR count). The van der Waals surface area contributed by atoms with E-state index in [0.29, 0.717) is 35.7 Å². The maximum Gasteiger partial charge on any atom is 0.259 e. The Morgan fingerprint density at radius 2 is 1.63 bits per heavy atom. The van der Waals surface area contributed by atoms with E-state index in [2.05, 4.69) is 33.5 Å². The van der Waals surface area contributed by atoms with Crippen LogP contribution < -0.4 is 15.4 Å². The van der Waals surface area contributed by atoms with Gasteiger partial charge in [-0.05, 0) is 55.3 Å². The molecule has 6 heteroatoms. The average Bonchev–Trinajstić information content (AvgIpc) is 2.65. The van der Waals surface area contributed by atoms with Crippen LogP contribution in [0.25, 0.3) is 0 Å². The van der Waals surface area contributed by atoms with Crippen molar-refractivity contribution < 1.29 is 14.3 Å². The molecule has 0 aromatic heterocycles. The van der Waals surface area contributed by atoms with Gasteiger partial charge in [0.1, 0.15) is 5.75 Å². The Labute approximate surface area is 168 Å². The summed E-state index contributed by atoms with van der Waals surface area (Å²) in [6.07, 6.45) is 3.25. The minimum atomic E-state index is -0.245. The molecule has 27 heavy (non-hydrogen) atoms. The fraction of sp³-hybridized carbons (Fsp3) is 0.333. The molecule has 0 atom stereocenters.